The van der Waals surface area contributed by atoms with Crippen LogP contribution in [0.2, 0.25) is 0 Å². The molecule has 0 aliphatic carbocycles. The first-order valence-corrected chi connectivity index (χ1v) is 6.50. The van der Waals surface area contributed by atoms with Crippen molar-refractivity contribution in [3.05, 3.63) is 0 Å². The Balaban J connectivity index is 2.20. The number of piperidine rings is 1. The maximum Gasteiger partial charge on any atom is 0.303 e. The number of carbonyl (C=O) groups is 1. The van der Waals surface area contributed by atoms with Gasteiger partial charge in [-0.1, -0.05) is 13.8 Å². The molecule has 1 unspecified atom stereocenters. The molecule has 1 rings (SSSR count). The zero-order valence-electron chi connectivity index (χ0n) is 11.3. The van der Waals surface area contributed by atoms with Crippen molar-refractivity contribution >= 4 is 5.97 Å². The van der Waals surface area contributed by atoms with Crippen LogP contribution < -0.4 is 5.32 Å². The highest BCUT2D eigenvalue weighted by atomic mass is 16.4. The highest BCUT2D eigenvalue weighted by Gasteiger charge is 2.22. The molecule has 0 saturated carbocycles. The lowest BCUT2D eigenvalue weighted by Gasteiger charge is -2.31. The van der Waals surface area contributed by atoms with Gasteiger partial charge in [0.15, 0.2) is 0 Å². The van der Waals surface area contributed by atoms with Crippen molar-refractivity contribution in [2.75, 3.05) is 33.2 Å². The Morgan fingerprint density at radius 2 is 2.24 bits per heavy atom. The largest absolute Gasteiger partial charge is 0.481 e. The molecular formula is C13H26N2O2. The fourth-order valence-electron chi connectivity index (χ4n) is 2.53. The second-order valence-electron chi connectivity index (χ2n) is 6.14. The third-order valence-corrected chi connectivity index (χ3v) is 3.39. The van der Waals surface area contributed by atoms with Crippen molar-refractivity contribution in [3.8, 4) is 0 Å². The minimum absolute atomic E-state index is 0.160. The number of hydrogen-bond acceptors (Lipinski definition) is 3. The van der Waals surface area contributed by atoms with Crippen molar-refractivity contribution < 1.29 is 9.90 Å². The normalized spacial score (nSPS) is 22.6. The Morgan fingerprint density at radius 1 is 1.53 bits per heavy atom. The molecular weight excluding hydrogens is 216 g/mol. The summed E-state index contributed by atoms with van der Waals surface area (Å²) in [5.41, 5.74) is -0.160. The van der Waals surface area contributed by atoms with Crippen molar-refractivity contribution in [2.45, 2.75) is 33.1 Å². The molecule has 17 heavy (non-hydrogen) atoms. The summed E-state index contributed by atoms with van der Waals surface area (Å²) in [6.07, 6.45) is 2.79. The summed E-state index contributed by atoms with van der Waals surface area (Å²) in [6, 6.07) is 0. The van der Waals surface area contributed by atoms with Crippen molar-refractivity contribution in [2.24, 2.45) is 11.3 Å². The van der Waals surface area contributed by atoms with E-state index in [4.69, 9.17) is 5.11 Å². The molecule has 2 N–H and O–H groups in total. The molecule has 4 nitrogen and oxygen atoms in total. The number of carboxylic acid groups (broad SMARTS) is 1. The van der Waals surface area contributed by atoms with E-state index in [1.54, 1.807) is 0 Å². The van der Waals surface area contributed by atoms with E-state index in [0.29, 0.717) is 0 Å². The monoisotopic (exact) mass is 242 g/mol. The molecule has 0 amide bonds. The number of carboxylic acids is 1. The summed E-state index contributed by atoms with van der Waals surface area (Å²) in [5.74, 6) is 0.00331. The number of nitrogens with zero attached hydrogens (tertiary/aromatic N) is 1. The number of rotatable bonds is 6. The summed E-state index contributed by atoms with van der Waals surface area (Å²) in [5, 5.41) is 12.2. The number of hydrogen-bond donors (Lipinski definition) is 2. The molecule has 1 atom stereocenters. The van der Waals surface area contributed by atoms with Crippen molar-refractivity contribution in [3.63, 3.8) is 0 Å². The van der Waals surface area contributed by atoms with Gasteiger partial charge in [-0.25, -0.2) is 0 Å². The van der Waals surface area contributed by atoms with Gasteiger partial charge in [0.25, 0.3) is 0 Å². The Kier molecular flexibility index (Phi) is 5.40. The van der Waals surface area contributed by atoms with Crippen LogP contribution in [0.1, 0.15) is 33.1 Å². The van der Waals surface area contributed by atoms with Gasteiger partial charge in [0.2, 0.25) is 0 Å². The Morgan fingerprint density at radius 3 is 2.82 bits per heavy atom. The van der Waals surface area contributed by atoms with Gasteiger partial charge < -0.3 is 15.3 Å². The van der Waals surface area contributed by atoms with E-state index >= 15 is 0 Å². The molecule has 0 spiro atoms. The van der Waals surface area contributed by atoms with E-state index in [2.05, 4.69) is 17.3 Å². The zero-order chi connectivity index (χ0) is 12.9. The van der Waals surface area contributed by atoms with Crippen LogP contribution in [0, 0.1) is 11.3 Å². The number of likely N-dealkylation sites (tertiary alicyclic amines) is 1. The van der Waals surface area contributed by atoms with E-state index in [1.165, 1.54) is 19.4 Å². The predicted molar refractivity (Wildman–Crippen MR) is 69.1 cm³/mol. The van der Waals surface area contributed by atoms with Gasteiger partial charge in [0.1, 0.15) is 0 Å². The molecule has 4 heteroatoms. The molecule has 1 heterocycles. The fraction of sp³-hybridized carbons (Fsp3) is 0.923. The van der Waals surface area contributed by atoms with Crippen molar-refractivity contribution in [1.29, 1.82) is 0 Å². The van der Waals surface area contributed by atoms with Gasteiger partial charge in [-0.15, -0.1) is 0 Å². The number of aliphatic carboxylic acids is 1. The molecule has 0 aromatic rings. The molecule has 0 radical (unpaired) electrons. The maximum atomic E-state index is 10.7. The third kappa shape index (κ3) is 6.03. The predicted octanol–water partition coefficient (Wildman–Crippen LogP) is 1.42. The van der Waals surface area contributed by atoms with Crippen LogP contribution >= 0.6 is 0 Å². The van der Waals surface area contributed by atoms with Gasteiger partial charge in [0, 0.05) is 13.1 Å². The van der Waals surface area contributed by atoms with Crippen LogP contribution in [-0.4, -0.2) is 49.2 Å². The third-order valence-electron chi connectivity index (χ3n) is 3.39. The Labute approximate surface area is 104 Å². The highest BCUT2D eigenvalue weighted by molar-refractivity contribution is 5.67. The molecule has 1 aliphatic heterocycles. The summed E-state index contributed by atoms with van der Waals surface area (Å²) in [6.45, 7) is 8.16. The minimum Gasteiger partial charge on any atom is -0.481 e. The maximum absolute atomic E-state index is 10.7. The molecule has 0 aromatic heterocycles. The SMILES string of the molecule is CN1CCCC(CNCC(C)(C)CC(=O)O)C1. The topological polar surface area (TPSA) is 52.6 Å². The molecule has 1 fully saturated rings. The van der Waals surface area contributed by atoms with E-state index in [0.717, 1.165) is 25.6 Å². The summed E-state index contributed by atoms with van der Waals surface area (Å²) in [7, 11) is 2.17. The lowest BCUT2D eigenvalue weighted by Crippen LogP contribution is -2.40. The Hall–Kier alpha value is -0.610. The molecule has 1 saturated heterocycles. The quantitative estimate of drug-likeness (QED) is 0.739. The van der Waals surface area contributed by atoms with Crippen LogP contribution in [0.3, 0.4) is 0 Å². The number of nitrogens with one attached hydrogen (secondary N) is 1. The zero-order valence-corrected chi connectivity index (χ0v) is 11.3. The Bertz CT molecular complexity index is 254. The van der Waals surface area contributed by atoms with Crippen LogP contribution in [0.4, 0.5) is 0 Å². The lowest BCUT2D eigenvalue weighted by molar-refractivity contribution is -0.139. The average Bonchev–Trinajstić information content (AvgIpc) is 2.15. The molecule has 1 aliphatic rings. The highest BCUT2D eigenvalue weighted by Crippen LogP contribution is 2.19. The molecule has 0 aromatic carbocycles. The van der Waals surface area contributed by atoms with Gasteiger partial charge >= 0.3 is 5.97 Å². The van der Waals surface area contributed by atoms with Crippen LogP contribution in [0.25, 0.3) is 0 Å². The van der Waals surface area contributed by atoms with Gasteiger partial charge in [0.05, 0.1) is 6.42 Å². The first-order chi connectivity index (χ1) is 7.89. The smallest absolute Gasteiger partial charge is 0.303 e. The van der Waals surface area contributed by atoms with E-state index < -0.39 is 5.97 Å². The van der Waals surface area contributed by atoms with Gasteiger partial charge in [-0.3, -0.25) is 4.79 Å². The van der Waals surface area contributed by atoms with E-state index in [9.17, 15) is 4.79 Å². The molecule has 0 bridgehead atoms. The first kappa shape index (κ1) is 14.5. The van der Waals surface area contributed by atoms with E-state index in [1.807, 2.05) is 13.8 Å². The minimum atomic E-state index is -0.714. The van der Waals surface area contributed by atoms with Crippen LogP contribution in [0.5, 0.6) is 0 Å². The first-order valence-electron chi connectivity index (χ1n) is 6.50. The van der Waals surface area contributed by atoms with Gasteiger partial charge in [-0.2, -0.15) is 0 Å². The second-order valence-corrected chi connectivity index (χ2v) is 6.14. The standard InChI is InChI=1S/C13H26N2O2/c1-13(2,7-12(16)17)10-14-8-11-5-4-6-15(3)9-11/h11,14H,4-10H2,1-3H3,(H,16,17). The van der Waals surface area contributed by atoms with Crippen LogP contribution in [-0.2, 0) is 4.79 Å². The summed E-state index contributed by atoms with van der Waals surface area (Å²) in [4.78, 5) is 13.1. The van der Waals surface area contributed by atoms with Crippen LogP contribution in [0.15, 0.2) is 0 Å². The van der Waals surface area contributed by atoms with Crippen molar-refractivity contribution in [1.82, 2.24) is 10.2 Å². The summed E-state index contributed by atoms with van der Waals surface area (Å²) < 4.78 is 0. The second kappa shape index (κ2) is 6.36. The summed E-state index contributed by atoms with van der Waals surface area (Å²) >= 11 is 0. The average molecular weight is 242 g/mol. The lowest BCUT2D eigenvalue weighted by atomic mass is 9.89. The fourth-order valence-corrected chi connectivity index (χ4v) is 2.53. The van der Waals surface area contributed by atoms with Gasteiger partial charge in [-0.05, 0) is 44.3 Å². The van der Waals surface area contributed by atoms with E-state index in [-0.39, 0.29) is 11.8 Å². The molecule has 100 valence electrons.